The zero-order valence-corrected chi connectivity index (χ0v) is 37.0. The van der Waals surface area contributed by atoms with Gasteiger partial charge in [0.15, 0.2) is 11.4 Å². The summed E-state index contributed by atoms with van der Waals surface area (Å²) >= 11 is 0. The van der Waals surface area contributed by atoms with Gasteiger partial charge < -0.3 is 4.42 Å². The maximum Gasteiger partial charge on any atom is 0.174 e. The van der Waals surface area contributed by atoms with E-state index in [0.29, 0.717) is 27.9 Å². The SMILES string of the molecule is [2H]c1c([2H])c([2H])c(-c2ccc3c(oc4c(-c5cc(F)c(C([2H])([2H])C([2H])([2H])c6cc(C([2H])([2H])C(C)(C)c7ccc(-c8ccccc8)nc7)cc(C([2H])([2H])C(C)(C)c7ccc(-c8ccccc8)nc7)c6)cn5)cccc43)c2F)c([2H])c1[2H]. The van der Waals surface area contributed by atoms with Crippen LogP contribution in [0.1, 0.15) is 78.9 Å². The van der Waals surface area contributed by atoms with Crippen molar-refractivity contribution in [1.29, 1.82) is 0 Å². The van der Waals surface area contributed by atoms with Crippen LogP contribution in [-0.4, -0.2) is 15.0 Å². The lowest BCUT2D eigenvalue weighted by Crippen LogP contribution is -2.23. The Morgan fingerprint density at radius 2 is 1.07 bits per heavy atom. The Hall–Kier alpha value is -7.57. The van der Waals surface area contributed by atoms with Crippen molar-refractivity contribution < 1.29 is 31.0 Å². The predicted octanol–water partition coefficient (Wildman–Crippen LogP) is 15.5. The molecule has 0 saturated carbocycles. The van der Waals surface area contributed by atoms with E-state index in [1.54, 1.807) is 76.5 Å². The molecule has 0 unspecified atom stereocenters. The largest absolute Gasteiger partial charge is 0.452 e. The van der Waals surface area contributed by atoms with E-state index in [2.05, 4.69) is 15.0 Å². The number of fused-ring (bicyclic) bond motifs is 3. The molecule has 0 aliphatic rings. The molecule has 4 aromatic heterocycles. The summed E-state index contributed by atoms with van der Waals surface area (Å²) in [5.74, 6) is -2.24. The molecule has 0 fully saturated rings. The number of hydrogen-bond donors (Lipinski definition) is 0. The summed E-state index contributed by atoms with van der Waals surface area (Å²) in [5, 5.41) is 0.596. The van der Waals surface area contributed by atoms with Gasteiger partial charge in [0.05, 0.1) is 23.9 Å². The molecule has 4 nitrogen and oxygen atoms in total. The molecule has 6 aromatic carbocycles. The van der Waals surface area contributed by atoms with Crippen molar-refractivity contribution >= 4 is 21.9 Å². The molecule has 10 rings (SSSR count). The quantitative estimate of drug-likeness (QED) is 0.116. The lowest BCUT2D eigenvalue weighted by molar-refractivity contribution is 0.512. The van der Waals surface area contributed by atoms with E-state index < -0.39 is 89.3 Å². The van der Waals surface area contributed by atoms with Crippen LogP contribution in [0.3, 0.4) is 0 Å². The lowest BCUT2D eigenvalue weighted by atomic mass is 9.77. The van der Waals surface area contributed by atoms with Crippen molar-refractivity contribution in [3.05, 3.63) is 233 Å². The summed E-state index contributed by atoms with van der Waals surface area (Å²) in [6, 6.07) is 34.7. The van der Waals surface area contributed by atoms with Gasteiger partial charge in [0.25, 0.3) is 0 Å². The minimum atomic E-state index is -3.27. The van der Waals surface area contributed by atoms with Crippen molar-refractivity contribution in [3.63, 3.8) is 0 Å². The first-order valence-corrected chi connectivity index (χ1v) is 21.7. The Kier molecular flexibility index (Phi) is 8.23. The van der Waals surface area contributed by atoms with Crippen molar-refractivity contribution in [1.82, 2.24) is 15.0 Å². The van der Waals surface area contributed by atoms with Crippen LogP contribution in [0.15, 0.2) is 193 Å². The molecule has 4 heterocycles. The average Bonchev–Trinajstić information content (AvgIpc) is 3.97. The van der Waals surface area contributed by atoms with Crippen LogP contribution in [-0.2, 0) is 36.3 Å². The van der Waals surface area contributed by atoms with Gasteiger partial charge in [-0.25, -0.2) is 8.78 Å². The maximum atomic E-state index is 16.9. The second kappa shape index (κ2) is 18.0. The van der Waals surface area contributed by atoms with E-state index in [1.165, 1.54) is 36.4 Å². The smallest absolute Gasteiger partial charge is 0.174 e. The zero-order chi connectivity index (χ0) is 57.6. The monoisotopic (exact) mass is 892 g/mol. The first-order chi connectivity index (χ1) is 37.6. The molecule has 0 N–H and O–H groups in total. The second-order valence-electron chi connectivity index (χ2n) is 17.3. The van der Waals surface area contributed by atoms with Gasteiger partial charge in [0.2, 0.25) is 0 Å². The van der Waals surface area contributed by atoms with E-state index in [0.717, 1.165) is 23.4 Å². The van der Waals surface area contributed by atoms with E-state index in [9.17, 15) is 11.0 Å². The number of furan rings is 1. The number of aryl methyl sites for hydroxylation is 2. The predicted molar refractivity (Wildman–Crippen MR) is 269 cm³/mol. The number of hydrogen-bond acceptors (Lipinski definition) is 4. The number of para-hydroxylation sites is 1. The summed E-state index contributed by atoms with van der Waals surface area (Å²) in [6.45, 7) is 6.60. The van der Waals surface area contributed by atoms with Crippen LogP contribution in [0.5, 0.6) is 0 Å². The molecule has 6 heteroatoms. The van der Waals surface area contributed by atoms with Gasteiger partial charge in [-0.3, -0.25) is 15.0 Å². The first kappa shape index (κ1) is 30.6. The third-order valence-electron chi connectivity index (χ3n) is 11.8. The van der Waals surface area contributed by atoms with Crippen LogP contribution in [0, 0.1) is 11.6 Å². The van der Waals surface area contributed by atoms with E-state index in [-0.39, 0.29) is 50.1 Å². The van der Waals surface area contributed by atoms with Crippen molar-refractivity contribution in [2.45, 2.75) is 64.0 Å². The highest BCUT2D eigenvalue weighted by atomic mass is 19.1. The van der Waals surface area contributed by atoms with Crippen LogP contribution in [0.2, 0.25) is 0 Å². The number of nitrogens with zero attached hydrogens (tertiary/aromatic N) is 3. The topological polar surface area (TPSA) is 51.8 Å². The van der Waals surface area contributed by atoms with Crippen molar-refractivity contribution in [2.24, 2.45) is 0 Å². The Morgan fingerprint density at radius 1 is 0.507 bits per heavy atom. The number of rotatable bonds is 13. The van der Waals surface area contributed by atoms with Gasteiger partial charge in [-0.05, 0) is 94.0 Å². The van der Waals surface area contributed by atoms with Gasteiger partial charge in [0, 0.05) is 74.2 Å². The van der Waals surface area contributed by atoms with Crippen LogP contribution in [0.4, 0.5) is 8.78 Å². The lowest BCUT2D eigenvalue weighted by Gasteiger charge is -2.28. The number of aromatic nitrogens is 3. The number of benzene rings is 6. The fraction of sp³-hybridized carbons (Fsp3) is 0.164. The molecule has 0 spiro atoms. The highest BCUT2D eigenvalue weighted by molar-refractivity contribution is 6.10. The summed E-state index contributed by atoms with van der Waals surface area (Å²) in [6.07, 6.45) is -7.37. The minimum Gasteiger partial charge on any atom is -0.452 e. The number of halogens is 2. The Balaban J connectivity index is 1.06. The average molecular weight is 893 g/mol. The molecule has 0 bridgehead atoms. The van der Waals surface area contributed by atoms with Gasteiger partial charge in [-0.1, -0.05) is 167 Å². The normalized spacial score (nSPS) is 15.6. The van der Waals surface area contributed by atoms with Crippen molar-refractivity contribution in [2.75, 3.05) is 0 Å². The highest BCUT2D eigenvalue weighted by Crippen LogP contribution is 2.40. The van der Waals surface area contributed by atoms with Crippen LogP contribution < -0.4 is 0 Å². The van der Waals surface area contributed by atoms with Gasteiger partial charge in [-0.2, -0.15) is 0 Å². The molecular formula is C61H51F2N3O. The molecule has 0 radical (unpaired) electrons. The van der Waals surface area contributed by atoms with Crippen molar-refractivity contribution in [3.8, 4) is 44.9 Å². The van der Waals surface area contributed by atoms with Gasteiger partial charge in [-0.15, -0.1) is 0 Å². The van der Waals surface area contributed by atoms with Crippen LogP contribution in [0.25, 0.3) is 66.8 Å². The summed E-state index contributed by atoms with van der Waals surface area (Å²) < 4.78 is 158. The molecular weight excluding hydrogens is 829 g/mol. The molecule has 10 aromatic rings. The summed E-state index contributed by atoms with van der Waals surface area (Å²) in [7, 11) is 0. The third kappa shape index (κ3) is 9.04. The maximum absolute atomic E-state index is 16.9. The molecule has 330 valence electrons. The molecule has 0 saturated heterocycles. The highest BCUT2D eigenvalue weighted by Gasteiger charge is 2.26. The molecule has 0 atom stereocenters. The zero-order valence-electron chi connectivity index (χ0n) is 50.0. The second-order valence-corrected chi connectivity index (χ2v) is 17.3. The van der Waals surface area contributed by atoms with Gasteiger partial charge >= 0.3 is 0 Å². The minimum absolute atomic E-state index is 0.0298. The Bertz CT molecular complexity index is 3890. The first-order valence-electron chi connectivity index (χ1n) is 28.2. The molecule has 0 amide bonds. The Morgan fingerprint density at radius 3 is 1.64 bits per heavy atom. The Labute approximate surface area is 409 Å². The van der Waals surface area contributed by atoms with E-state index in [1.807, 2.05) is 60.7 Å². The molecule has 0 aliphatic heterocycles. The fourth-order valence-electron chi connectivity index (χ4n) is 8.21. The molecule has 0 aliphatic carbocycles. The van der Waals surface area contributed by atoms with Crippen LogP contribution >= 0.6 is 0 Å². The fourth-order valence-corrected chi connectivity index (χ4v) is 8.21. The standard InChI is InChI=1S/C61H51F2N3O/c1-60(2,47-25-29-54(65-38-47)44-17-10-6-11-18-44)35-41-31-40(32-42(33-41)36-61(3,4)48-26-30-55(66-39-48)45-19-12-7-13-20-45)23-24-46-37-64-56(34-53(46)62)52-22-14-21-50-51-28-27-49(43-15-8-5-9-16-43)57(63)59(51)67-58(50)52/h5-22,25-34,37-39H,23-24,35-36H2,1-4H3/i5D,8D,9D,15D,16D,23D2,24D2,35D2,36D2. The summed E-state index contributed by atoms with van der Waals surface area (Å²) in [5.41, 5.74) is -1.53. The van der Waals surface area contributed by atoms with E-state index >= 15 is 8.78 Å². The van der Waals surface area contributed by atoms with E-state index in [4.69, 9.17) is 11.3 Å². The van der Waals surface area contributed by atoms with Gasteiger partial charge in [0.1, 0.15) is 11.4 Å². The molecule has 67 heavy (non-hydrogen) atoms. The number of pyridine rings is 3. The summed E-state index contributed by atoms with van der Waals surface area (Å²) in [4.78, 5) is 13.7. The third-order valence-corrected chi connectivity index (χ3v) is 11.8.